The third kappa shape index (κ3) is 5.48. The summed E-state index contributed by atoms with van der Waals surface area (Å²) in [6, 6.07) is 13.5. The summed E-state index contributed by atoms with van der Waals surface area (Å²) in [5.41, 5.74) is 8.48. The molecule has 3 N–H and O–H groups in total. The van der Waals surface area contributed by atoms with E-state index in [9.17, 15) is 0 Å². The molecule has 0 atom stereocenters. The fourth-order valence-corrected chi connectivity index (χ4v) is 3.43. The molecule has 0 bridgehead atoms. The van der Waals surface area contributed by atoms with Gasteiger partial charge in [0.25, 0.3) is 0 Å². The van der Waals surface area contributed by atoms with E-state index in [1.165, 1.54) is 0 Å². The van der Waals surface area contributed by atoms with Crippen molar-refractivity contribution >= 4 is 35.0 Å². The average molecular weight is 404 g/mol. The number of hydrogen-bond donors (Lipinski definition) is 2. The van der Waals surface area contributed by atoms with Gasteiger partial charge in [-0.1, -0.05) is 41.4 Å². The molecule has 4 nitrogen and oxygen atoms in total. The van der Waals surface area contributed by atoms with Gasteiger partial charge >= 0.3 is 0 Å². The minimum absolute atomic E-state index is 0.314. The third-order valence-corrected chi connectivity index (χ3v) is 5.25. The maximum atomic E-state index is 6.18. The van der Waals surface area contributed by atoms with Gasteiger partial charge in [-0.3, -0.25) is 4.99 Å². The zero-order valence-corrected chi connectivity index (χ0v) is 16.5. The normalized spacial score (nSPS) is 16.0. The molecule has 0 radical (unpaired) electrons. The van der Waals surface area contributed by atoms with E-state index in [0.29, 0.717) is 22.7 Å². The van der Waals surface area contributed by atoms with Crippen molar-refractivity contribution in [1.29, 1.82) is 0 Å². The number of benzene rings is 2. The Hall–Kier alpha value is -2.01. The Morgan fingerprint density at radius 2 is 1.78 bits per heavy atom. The molecule has 2 aromatic carbocycles. The summed E-state index contributed by atoms with van der Waals surface area (Å²) < 4.78 is 5.82. The lowest BCUT2D eigenvalue weighted by molar-refractivity contribution is 0.306. The largest absolute Gasteiger partial charge is 0.489 e. The Bertz CT molecular complexity index is 792. The van der Waals surface area contributed by atoms with Crippen LogP contribution in [0.4, 0.5) is 0 Å². The first-order valence-electron chi connectivity index (χ1n) is 8.99. The molecular formula is C21H23Cl2N3O. The van der Waals surface area contributed by atoms with Crippen molar-refractivity contribution in [2.75, 3.05) is 13.1 Å². The van der Waals surface area contributed by atoms with Gasteiger partial charge < -0.3 is 15.8 Å². The molecule has 142 valence electrons. The molecule has 2 aromatic rings. The van der Waals surface area contributed by atoms with Gasteiger partial charge in [0.2, 0.25) is 0 Å². The van der Waals surface area contributed by atoms with E-state index in [1.807, 2.05) is 36.5 Å². The third-order valence-electron chi connectivity index (χ3n) is 4.55. The SMILES string of the molecule is N/C=C(\C=NC1CCNCC1)c1ccc(OCc2c(Cl)cccc2Cl)cc1. The summed E-state index contributed by atoms with van der Waals surface area (Å²) in [4.78, 5) is 4.67. The maximum Gasteiger partial charge on any atom is 0.119 e. The molecule has 3 rings (SSSR count). The number of nitrogens with one attached hydrogen (secondary N) is 1. The highest BCUT2D eigenvalue weighted by Crippen LogP contribution is 2.26. The molecule has 0 unspecified atom stereocenters. The number of rotatable bonds is 6. The van der Waals surface area contributed by atoms with Crippen LogP contribution in [0.5, 0.6) is 5.75 Å². The van der Waals surface area contributed by atoms with Gasteiger partial charge in [-0.05, 0) is 55.8 Å². The fourth-order valence-electron chi connectivity index (χ4n) is 2.92. The second kappa shape index (κ2) is 9.79. The van der Waals surface area contributed by atoms with Gasteiger partial charge in [0.15, 0.2) is 0 Å². The second-order valence-electron chi connectivity index (χ2n) is 6.39. The lowest BCUT2D eigenvalue weighted by atomic mass is 10.1. The lowest BCUT2D eigenvalue weighted by Gasteiger charge is -2.18. The van der Waals surface area contributed by atoms with E-state index in [-0.39, 0.29) is 0 Å². The Kier molecular flexibility index (Phi) is 7.16. The highest BCUT2D eigenvalue weighted by molar-refractivity contribution is 6.35. The van der Waals surface area contributed by atoms with Crippen molar-refractivity contribution in [3.63, 3.8) is 0 Å². The standard InChI is InChI=1S/C21H23Cl2N3O/c22-20-2-1-3-21(23)19(20)14-27-18-6-4-15(5-7-18)16(12-24)13-26-17-8-10-25-11-9-17/h1-7,12-13,17,25H,8-11,14,24H2/b16-12+,26-13?. The first kappa shape index (κ1) is 19.7. The zero-order chi connectivity index (χ0) is 19.1. The molecule has 6 heteroatoms. The number of halogens is 2. The number of aliphatic imine (C=N–C) groups is 1. The summed E-state index contributed by atoms with van der Waals surface area (Å²) in [6.45, 7) is 2.35. The predicted octanol–water partition coefficient (Wildman–Crippen LogP) is 4.69. The summed E-state index contributed by atoms with van der Waals surface area (Å²) >= 11 is 12.4. The van der Waals surface area contributed by atoms with Gasteiger partial charge in [-0.15, -0.1) is 0 Å². The first-order chi connectivity index (χ1) is 13.2. The molecule has 1 fully saturated rings. The molecular weight excluding hydrogens is 381 g/mol. The molecule has 0 spiro atoms. The quantitative estimate of drug-likeness (QED) is 0.687. The summed E-state index contributed by atoms with van der Waals surface area (Å²) in [7, 11) is 0. The van der Waals surface area contributed by atoms with Crippen LogP contribution in [-0.4, -0.2) is 25.3 Å². The molecule has 27 heavy (non-hydrogen) atoms. The molecule has 1 aliphatic rings. The van der Waals surface area contributed by atoms with Gasteiger partial charge in [-0.2, -0.15) is 0 Å². The highest BCUT2D eigenvalue weighted by atomic mass is 35.5. The van der Waals surface area contributed by atoms with Gasteiger partial charge in [0.05, 0.1) is 6.04 Å². The van der Waals surface area contributed by atoms with Crippen molar-refractivity contribution in [3.8, 4) is 5.75 Å². The predicted molar refractivity (Wildman–Crippen MR) is 114 cm³/mol. The minimum atomic E-state index is 0.314. The molecule has 0 amide bonds. The van der Waals surface area contributed by atoms with Gasteiger partial charge in [0, 0.05) is 33.6 Å². The number of piperidine rings is 1. The van der Waals surface area contributed by atoms with E-state index < -0.39 is 0 Å². The van der Waals surface area contributed by atoms with Crippen LogP contribution in [0.3, 0.4) is 0 Å². The zero-order valence-electron chi connectivity index (χ0n) is 15.0. The van der Waals surface area contributed by atoms with Crippen LogP contribution in [0.2, 0.25) is 10.0 Å². The van der Waals surface area contributed by atoms with Gasteiger partial charge in [-0.25, -0.2) is 0 Å². The Labute approximate surface area is 170 Å². The number of nitrogens with zero attached hydrogens (tertiary/aromatic N) is 1. The van der Waals surface area contributed by atoms with E-state index in [0.717, 1.165) is 48.4 Å². The Morgan fingerprint density at radius 3 is 2.41 bits per heavy atom. The van der Waals surface area contributed by atoms with E-state index in [4.69, 9.17) is 33.7 Å². The highest BCUT2D eigenvalue weighted by Gasteiger charge is 2.11. The maximum absolute atomic E-state index is 6.18. The van der Waals surface area contributed by atoms with Crippen LogP contribution in [0.15, 0.2) is 53.7 Å². The van der Waals surface area contributed by atoms with Crippen LogP contribution in [-0.2, 0) is 6.61 Å². The van der Waals surface area contributed by atoms with E-state index in [2.05, 4.69) is 10.3 Å². The van der Waals surface area contributed by atoms with Crippen LogP contribution in [0, 0.1) is 0 Å². The summed E-state index contributed by atoms with van der Waals surface area (Å²) in [5.74, 6) is 0.737. The molecule has 1 saturated heterocycles. The summed E-state index contributed by atoms with van der Waals surface area (Å²) in [6.07, 6.45) is 5.58. The Morgan fingerprint density at radius 1 is 1.11 bits per heavy atom. The topological polar surface area (TPSA) is 59.6 Å². The van der Waals surface area contributed by atoms with Crippen molar-refractivity contribution < 1.29 is 4.74 Å². The van der Waals surface area contributed by atoms with E-state index >= 15 is 0 Å². The Balaban J connectivity index is 1.62. The summed E-state index contributed by atoms with van der Waals surface area (Å²) in [5, 5.41) is 4.54. The molecule has 0 aromatic heterocycles. The van der Waals surface area contributed by atoms with Crippen molar-refractivity contribution in [2.45, 2.75) is 25.5 Å². The van der Waals surface area contributed by atoms with Crippen molar-refractivity contribution in [1.82, 2.24) is 5.32 Å². The minimum Gasteiger partial charge on any atom is -0.489 e. The number of nitrogens with two attached hydrogens (primary N) is 1. The van der Waals surface area contributed by atoms with Crippen LogP contribution in [0.1, 0.15) is 24.0 Å². The second-order valence-corrected chi connectivity index (χ2v) is 7.21. The van der Waals surface area contributed by atoms with Crippen LogP contribution in [0.25, 0.3) is 5.57 Å². The molecule has 0 aliphatic carbocycles. The monoisotopic (exact) mass is 403 g/mol. The van der Waals surface area contributed by atoms with Crippen molar-refractivity contribution in [3.05, 3.63) is 69.8 Å². The average Bonchev–Trinajstić information content (AvgIpc) is 2.70. The van der Waals surface area contributed by atoms with Crippen LogP contribution < -0.4 is 15.8 Å². The molecule has 1 heterocycles. The fraction of sp³-hybridized carbons (Fsp3) is 0.286. The van der Waals surface area contributed by atoms with Crippen LogP contribution >= 0.6 is 23.2 Å². The molecule has 1 aliphatic heterocycles. The van der Waals surface area contributed by atoms with Crippen molar-refractivity contribution in [2.24, 2.45) is 10.7 Å². The number of allylic oxidation sites excluding steroid dienone is 1. The molecule has 0 saturated carbocycles. The number of ether oxygens (including phenoxy) is 1. The smallest absolute Gasteiger partial charge is 0.119 e. The number of hydrogen-bond acceptors (Lipinski definition) is 4. The lowest BCUT2D eigenvalue weighted by Crippen LogP contribution is -2.29. The van der Waals surface area contributed by atoms with E-state index in [1.54, 1.807) is 18.3 Å². The van der Waals surface area contributed by atoms with Gasteiger partial charge in [0.1, 0.15) is 12.4 Å². The first-order valence-corrected chi connectivity index (χ1v) is 9.75.